The molecule has 6 nitrogen and oxygen atoms in total. The minimum Gasteiger partial charge on any atom is -0.258 e. The Morgan fingerprint density at radius 2 is 1.57 bits per heavy atom. The Labute approximate surface area is 121 Å². The lowest BCUT2D eigenvalue weighted by atomic mass is 10.0. The summed E-state index contributed by atoms with van der Waals surface area (Å²) in [5.41, 5.74) is 1.26. The number of nitro groups is 2. The molecule has 0 radical (unpaired) electrons. The molecular weight excluding hydrogens is 272 g/mol. The number of hydrogen-bond acceptors (Lipinski definition) is 4. The lowest BCUT2D eigenvalue weighted by Gasteiger charge is -2.04. The molecule has 0 saturated carbocycles. The summed E-state index contributed by atoms with van der Waals surface area (Å²) < 4.78 is 0. The number of hydrogen-bond donors (Lipinski definition) is 0. The van der Waals surface area contributed by atoms with Crippen molar-refractivity contribution in [3.63, 3.8) is 0 Å². The largest absolute Gasteiger partial charge is 0.279 e. The summed E-state index contributed by atoms with van der Waals surface area (Å²) in [6.45, 7) is 0. The SMILES string of the molecule is O=[N+]([O-])c1ccc(CCCc2ccccc2)c([N+](=O)[O-])c1. The fraction of sp³-hybridized carbons (Fsp3) is 0.200. The molecule has 6 heteroatoms. The highest BCUT2D eigenvalue weighted by atomic mass is 16.6. The van der Waals surface area contributed by atoms with E-state index in [1.54, 1.807) is 0 Å². The average molecular weight is 286 g/mol. The second-order valence-electron chi connectivity index (χ2n) is 4.67. The number of rotatable bonds is 6. The fourth-order valence-corrected chi connectivity index (χ4v) is 2.17. The first-order valence-electron chi connectivity index (χ1n) is 6.53. The minimum absolute atomic E-state index is 0.183. The van der Waals surface area contributed by atoms with Crippen LogP contribution in [0.3, 0.4) is 0 Å². The van der Waals surface area contributed by atoms with Gasteiger partial charge in [0.2, 0.25) is 0 Å². The van der Waals surface area contributed by atoms with Gasteiger partial charge in [-0.2, -0.15) is 0 Å². The number of nitrogens with zero attached hydrogens (tertiary/aromatic N) is 2. The molecular formula is C15H14N2O4. The monoisotopic (exact) mass is 286 g/mol. The van der Waals surface area contributed by atoms with Crippen LogP contribution < -0.4 is 0 Å². The van der Waals surface area contributed by atoms with E-state index in [1.165, 1.54) is 17.7 Å². The van der Waals surface area contributed by atoms with Crippen LogP contribution in [0.15, 0.2) is 48.5 Å². The van der Waals surface area contributed by atoms with Crippen LogP contribution in [0.2, 0.25) is 0 Å². The molecule has 0 heterocycles. The van der Waals surface area contributed by atoms with E-state index in [0.29, 0.717) is 12.0 Å². The smallest absolute Gasteiger partial charge is 0.258 e. The van der Waals surface area contributed by atoms with E-state index in [2.05, 4.69) is 0 Å². The Kier molecular flexibility index (Phi) is 4.61. The third-order valence-corrected chi connectivity index (χ3v) is 3.23. The van der Waals surface area contributed by atoms with Gasteiger partial charge in [0, 0.05) is 11.6 Å². The molecule has 0 aliphatic heterocycles. The highest BCUT2D eigenvalue weighted by Crippen LogP contribution is 2.26. The van der Waals surface area contributed by atoms with Crippen molar-refractivity contribution in [1.29, 1.82) is 0 Å². The van der Waals surface area contributed by atoms with Gasteiger partial charge in [0.25, 0.3) is 11.4 Å². The molecule has 0 N–H and O–H groups in total. The maximum atomic E-state index is 11.0. The summed E-state index contributed by atoms with van der Waals surface area (Å²) in [7, 11) is 0. The topological polar surface area (TPSA) is 86.3 Å². The van der Waals surface area contributed by atoms with Crippen molar-refractivity contribution in [2.75, 3.05) is 0 Å². The summed E-state index contributed by atoms with van der Waals surface area (Å²) in [6, 6.07) is 13.6. The molecule has 0 bridgehead atoms. The van der Waals surface area contributed by atoms with Crippen molar-refractivity contribution >= 4 is 11.4 Å². The zero-order valence-corrected chi connectivity index (χ0v) is 11.3. The van der Waals surface area contributed by atoms with Gasteiger partial charge < -0.3 is 0 Å². The molecule has 0 aliphatic carbocycles. The second-order valence-corrected chi connectivity index (χ2v) is 4.67. The van der Waals surface area contributed by atoms with Gasteiger partial charge >= 0.3 is 0 Å². The molecule has 2 aromatic carbocycles. The van der Waals surface area contributed by atoms with E-state index >= 15 is 0 Å². The van der Waals surface area contributed by atoms with Gasteiger partial charge in [0.05, 0.1) is 15.9 Å². The fourth-order valence-electron chi connectivity index (χ4n) is 2.17. The maximum absolute atomic E-state index is 11.0. The summed E-state index contributed by atoms with van der Waals surface area (Å²) in [5.74, 6) is 0. The van der Waals surface area contributed by atoms with E-state index in [9.17, 15) is 20.2 Å². The molecule has 0 atom stereocenters. The molecule has 2 aromatic rings. The quantitative estimate of drug-likeness (QED) is 0.598. The van der Waals surface area contributed by atoms with E-state index in [0.717, 1.165) is 18.9 Å². The van der Waals surface area contributed by atoms with Crippen LogP contribution in [0.25, 0.3) is 0 Å². The van der Waals surface area contributed by atoms with Crippen LogP contribution >= 0.6 is 0 Å². The summed E-state index contributed by atoms with van der Waals surface area (Å²) in [4.78, 5) is 20.5. The Morgan fingerprint density at radius 3 is 2.19 bits per heavy atom. The van der Waals surface area contributed by atoms with Crippen LogP contribution in [0, 0.1) is 20.2 Å². The third kappa shape index (κ3) is 3.85. The first-order valence-corrected chi connectivity index (χ1v) is 6.53. The molecule has 0 aliphatic rings. The molecule has 0 fully saturated rings. The number of aryl methyl sites for hydroxylation is 2. The van der Waals surface area contributed by atoms with E-state index in [4.69, 9.17) is 0 Å². The van der Waals surface area contributed by atoms with Gasteiger partial charge in [-0.25, -0.2) is 0 Å². The second kappa shape index (κ2) is 6.60. The van der Waals surface area contributed by atoms with Crippen molar-refractivity contribution in [3.05, 3.63) is 79.9 Å². The van der Waals surface area contributed by atoms with E-state index in [1.807, 2.05) is 30.3 Å². The number of benzene rings is 2. The third-order valence-electron chi connectivity index (χ3n) is 3.23. The molecule has 108 valence electrons. The van der Waals surface area contributed by atoms with Crippen LogP contribution in [-0.2, 0) is 12.8 Å². The van der Waals surface area contributed by atoms with Gasteiger partial charge in [0.1, 0.15) is 0 Å². The Bertz CT molecular complexity index is 656. The molecule has 0 aromatic heterocycles. The van der Waals surface area contributed by atoms with Crippen molar-refractivity contribution in [3.8, 4) is 0 Å². The van der Waals surface area contributed by atoms with Crippen molar-refractivity contribution < 1.29 is 9.85 Å². The first-order chi connectivity index (χ1) is 10.1. The van der Waals surface area contributed by atoms with Crippen LogP contribution in [0.4, 0.5) is 11.4 Å². The molecule has 2 rings (SSSR count). The lowest BCUT2D eigenvalue weighted by Crippen LogP contribution is -1.99. The number of nitro benzene ring substituents is 2. The molecule has 0 saturated heterocycles. The Hall–Kier alpha value is -2.76. The zero-order valence-electron chi connectivity index (χ0n) is 11.3. The first kappa shape index (κ1) is 14.6. The van der Waals surface area contributed by atoms with Gasteiger partial charge in [0.15, 0.2) is 0 Å². The van der Waals surface area contributed by atoms with Gasteiger partial charge in [-0.3, -0.25) is 20.2 Å². The summed E-state index contributed by atoms with van der Waals surface area (Å²) in [6.07, 6.45) is 2.08. The standard InChI is InChI=1S/C15H14N2O4/c18-16(19)14-10-9-13(15(11-14)17(20)21)8-4-7-12-5-2-1-3-6-12/h1-3,5-6,9-11H,4,7-8H2. The highest BCUT2D eigenvalue weighted by molar-refractivity contribution is 5.49. The Morgan fingerprint density at radius 1 is 0.857 bits per heavy atom. The highest BCUT2D eigenvalue weighted by Gasteiger charge is 2.18. The van der Waals surface area contributed by atoms with Gasteiger partial charge in [-0.05, 0) is 30.9 Å². The van der Waals surface area contributed by atoms with Gasteiger partial charge in [-0.1, -0.05) is 30.3 Å². The Balaban J connectivity index is 2.09. The lowest BCUT2D eigenvalue weighted by molar-refractivity contribution is -0.394. The van der Waals surface area contributed by atoms with Crippen LogP contribution in [-0.4, -0.2) is 9.85 Å². The van der Waals surface area contributed by atoms with Crippen LogP contribution in [0.5, 0.6) is 0 Å². The van der Waals surface area contributed by atoms with E-state index < -0.39 is 9.85 Å². The van der Waals surface area contributed by atoms with Crippen LogP contribution in [0.1, 0.15) is 17.5 Å². The maximum Gasteiger partial charge on any atom is 0.279 e. The minimum atomic E-state index is -0.624. The van der Waals surface area contributed by atoms with Crippen molar-refractivity contribution in [2.24, 2.45) is 0 Å². The average Bonchev–Trinajstić information content (AvgIpc) is 2.48. The predicted octanol–water partition coefficient (Wildman–Crippen LogP) is 3.68. The predicted molar refractivity (Wildman–Crippen MR) is 78.2 cm³/mol. The number of non-ortho nitro benzene ring substituents is 1. The summed E-state index contributed by atoms with van der Waals surface area (Å²) >= 11 is 0. The zero-order chi connectivity index (χ0) is 15.2. The van der Waals surface area contributed by atoms with Gasteiger partial charge in [-0.15, -0.1) is 0 Å². The molecule has 0 unspecified atom stereocenters. The molecule has 0 amide bonds. The molecule has 21 heavy (non-hydrogen) atoms. The van der Waals surface area contributed by atoms with Crippen molar-refractivity contribution in [2.45, 2.75) is 19.3 Å². The normalized spacial score (nSPS) is 10.3. The van der Waals surface area contributed by atoms with Crippen molar-refractivity contribution in [1.82, 2.24) is 0 Å². The summed E-state index contributed by atoms with van der Waals surface area (Å²) in [5, 5.41) is 21.7. The molecule has 0 spiro atoms. The van der Waals surface area contributed by atoms with E-state index in [-0.39, 0.29) is 11.4 Å².